The van der Waals surface area contributed by atoms with Crippen LogP contribution in [-0.2, 0) is 4.79 Å². The molecule has 1 aliphatic heterocycles. The van der Waals surface area contributed by atoms with Crippen molar-refractivity contribution in [3.8, 4) is 5.75 Å². The van der Waals surface area contributed by atoms with Crippen LogP contribution in [0.5, 0.6) is 5.75 Å². The van der Waals surface area contributed by atoms with E-state index in [1.165, 1.54) is 6.54 Å². The topological polar surface area (TPSA) is 51.2 Å². The number of carbonyl (C=O) groups excluding carboxylic acids is 1. The minimum Gasteiger partial charge on any atom is -0.421 e. The van der Waals surface area contributed by atoms with E-state index >= 15 is 0 Å². The zero-order valence-electron chi connectivity index (χ0n) is 5.57. The van der Waals surface area contributed by atoms with Crippen molar-refractivity contribution in [1.29, 1.82) is 0 Å². The quantitative estimate of drug-likeness (QED) is 0.548. The van der Waals surface area contributed by atoms with Crippen molar-refractivity contribution in [2.24, 2.45) is 0 Å². The van der Waals surface area contributed by atoms with Gasteiger partial charge in [0.05, 0.1) is 0 Å². The molecule has 0 aliphatic carbocycles. The number of nitrogens with zero attached hydrogens (tertiary/aromatic N) is 1. The molecule has 1 aromatic heterocycles. The van der Waals surface area contributed by atoms with Gasteiger partial charge in [-0.3, -0.25) is 0 Å². The summed E-state index contributed by atoms with van der Waals surface area (Å²) in [6.07, 6.45) is 1.62. The van der Waals surface area contributed by atoms with Gasteiger partial charge >= 0.3 is 5.97 Å². The van der Waals surface area contributed by atoms with Gasteiger partial charge in [-0.2, -0.15) is 0 Å². The second kappa shape index (κ2) is 2.23. The van der Waals surface area contributed by atoms with Crippen molar-refractivity contribution in [2.45, 2.75) is 0 Å². The molecule has 0 atom stereocenters. The van der Waals surface area contributed by atoms with Gasteiger partial charge in [0.2, 0.25) is 0 Å². The number of hydrogen-bond acceptors (Lipinski definition) is 4. The number of aromatic nitrogens is 1. The van der Waals surface area contributed by atoms with Gasteiger partial charge in [0.1, 0.15) is 0 Å². The highest BCUT2D eigenvalue weighted by molar-refractivity contribution is 5.87. The fraction of sp³-hybridized carbons (Fsp3) is 0. The molecule has 0 bridgehead atoms. The Morgan fingerprint density at radius 1 is 1.55 bits per heavy atom. The van der Waals surface area contributed by atoms with E-state index in [1.54, 1.807) is 18.3 Å². The molecule has 0 aromatic carbocycles. The van der Waals surface area contributed by atoms with Crippen LogP contribution in [0.2, 0.25) is 0 Å². The first kappa shape index (κ1) is 6.15. The molecule has 1 aromatic rings. The van der Waals surface area contributed by atoms with Crippen molar-refractivity contribution in [1.82, 2.24) is 4.98 Å². The van der Waals surface area contributed by atoms with Crippen LogP contribution in [0.25, 0.3) is 0 Å². The Balaban J connectivity index is 2.41. The Bertz CT molecular complexity index is 298. The summed E-state index contributed by atoms with van der Waals surface area (Å²) in [6, 6.07) is 3.39. The monoisotopic (exact) mass is 149 g/mol. The van der Waals surface area contributed by atoms with E-state index in [0.29, 0.717) is 11.6 Å². The largest absolute Gasteiger partial charge is 0.421 e. The average molecular weight is 149 g/mol. The van der Waals surface area contributed by atoms with Crippen LogP contribution < -0.4 is 10.1 Å². The summed E-state index contributed by atoms with van der Waals surface area (Å²) >= 11 is 0. The summed E-state index contributed by atoms with van der Waals surface area (Å²) in [6.45, 7) is 1.23. The Labute approximate surface area is 63.2 Å². The second-order valence-corrected chi connectivity index (χ2v) is 2.06. The van der Waals surface area contributed by atoms with Gasteiger partial charge in [-0.1, -0.05) is 0 Å². The number of anilines is 1. The smallest absolute Gasteiger partial charge is 0.336 e. The van der Waals surface area contributed by atoms with E-state index in [0.717, 1.165) is 0 Å². The predicted octanol–water partition coefficient (Wildman–Crippen LogP) is 0.574. The molecule has 2 rings (SSSR count). The molecule has 55 valence electrons. The van der Waals surface area contributed by atoms with Gasteiger partial charge in [0.15, 0.2) is 18.1 Å². The number of fused-ring (bicyclic) bond motifs is 1. The fourth-order valence-electron chi connectivity index (χ4n) is 0.846. The third kappa shape index (κ3) is 1.02. The third-order valence-corrected chi connectivity index (χ3v) is 1.31. The highest BCUT2D eigenvalue weighted by Crippen LogP contribution is 2.24. The lowest BCUT2D eigenvalue weighted by Gasteiger charge is -2.14. The number of pyridine rings is 1. The predicted molar refractivity (Wildman–Crippen MR) is 37.8 cm³/mol. The molecular formula is C7H5N2O2. The summed E-state index contributed by atoms with van der Waals surface area (Å²) in [7, 11) is 0. The Kier molecular flexibility index (Phi) is 1.25. The van der Waals surface area contributed by atoms with E-state index in [-0.39, 0.29) is 0 Å². The van der Waals surface area contributed by atoms with Gasteiger partial charge in [0, 0.05) is 6.20 Å². The van der Waals surface area contributed by atoms with Crippen LogP contribution in [0.3, 0.4) is 0 Å². The molecule has 4 heteroatoms. The molecule has 0 amide bonds. The number of carbonyl (C=O) groups is 1. The summed E-state index contributed by atoms with van der Waals surface area (Å²) in [4.78, 5) is 14.6. The molecule has 2 heterocycles. The van der Waals surface area contributed by atoms with Gasteiger partial charge in [-0.15, -0.1) is 0 Å². The molecule has 0 saturated heterocycles. The van der Waals surface area contributed by atoms with E-state index in [4.69, 9.17) is 4.74 Å². The summed E-state index contributed by atoms with van der Waals surface area (Å²) in [5, 5.41) is 2.70. The molecular weight excluding hydrogens is 144 g/mol. The molecule has 4 nitrogen and oxygen atoms in total. The van der Waals surface area contributed by atoms with Crippen molar-refractivity contribution in [2.75, 3.05) is 5.32 Å². The lowest BCUT2D eigenvalue weighted by atomic mass is 10.4. The molecule has 0 spiro atoms. The highest BCUT2D eigenvalue weighted by atomic mass is 16.5. The first-order valence-corrected chi connectivity index (χ1v) is 3.13. The fourth-order valence-corrected chi connectivity index (χ4v) is 0.846. The molecule has 11 heavy (non-hydrogen) atoms. The lowest BCUT2D eigenvalue weighted by molar-refractivity contribution is -0.130. The van der Waals surface area contributed by atoms with E-state index < -0.39 is 5.97 Å². The maximum Gasteiger partial charge on any atom is 0.336 e. The Morgan fingerprint density at radius 3 is 3.36 bits per heavy atom. The minimum absolute atomic E-state index is 0.398. The average Bonchev–Trinajstić information content (AvgIpc) is 2.04. The van der Waals surface area contributed by atoms with E-state index in [2.05, 4.69) is 10.3 Å². The zero-order valence-corrected chi connectivity index (χ0v) is 5.57. The summed E-state index contributed by atoms with van der Waals surface area (Å²) < 4.78 is 4.81. The first-order chi connectivity index (χ1) is 5.36. The summed E-state index contributed by atoms with van der Waals surface area (Å²) in [5.41, 5.74) is 0. The Hall–Kier alpha value is -1.58. The Morgan fingerprint density at radius 2 is 2.45 bits per heavy atom. The van der Waals surface area contributed by atoms with Crippen LogP contribution in [-0.4, -0.2) is 11.0 Å². The number of ether oxygens (including phenoxy) is 1. The number of nitrogens with one attached hydrogen (secondary N) is 1. The molecule has 1 aliphatic rings. The molecule has 1 radical (unpaired) electrons. The highest BCUT2D eigenvalue weighted by Gasteiger charge is 2.16. The van der Waals surface area contributed by atoms with Gasteiger partial charge in [0.25, 0.3) is 0 Å². The first-order valence-electron chi connectivity index (χ1n) is 3.13. The zero-order chi connectivity index (χ0) is 7.68. The molecule has 0 fully saturated rings. The van der Waals surface area contributed by atoms with E-state index in [9.17, 15) is 4.79 Å². The maximum atomic E-state index is 10.7. The van der Waals surface area contributed by atoms with Gasteiger partial charge in [-0.25, -0.2) is 9.78 Å². The van der Waals surface area contributed by atoms with Crippen LogP contribution in [0, 0.1) is 6.54 Å². The number of esters is 1. The van der Waals surface area contributed by atoms with Crippen molar-refractivity contribution in [3.05, 3.63) is 24.9 Å². The van der Waals surface area contributed by atoms with Crippen LogP contribution >= 0.6 is 0 Å². The third-order valence-electron chi connectivity index (χ3n) is 1.31. The van der Waals surface area contributed by atoms with Crippen molar-refractivity contribution in [3.63, 3.8) is 0 Å². The maximum absolute atomic E-state index is 10.7. The van der Waals surface area contributed by atoms with Crippen molar-refractivity contribution < 1.29 is 9.53 Å². The van der Waals surface area contributed by atoms with Crippen LogP contribution in [0.4, 0.5) is 5.82 Å². The minimum atomic E-state index is -0.398. The van der Waals surface area contributed by atoms with Crippen LogP contribution in [0.1, 0.15) is 0 Å². The van der Waals surface area contributed by atoms with Crippen LogP contribution in [0.15, 0.2) is 18.3 Å². The standard InChI is InChI=1S/C7H5N2O2/c10-6-4-9-7-5(11-6)2-1-3-8-7/h1-4H,(H,8,9). The lowest BCUT2D eigenvalue weighted by Crippen LogP contribution is -2.20. The normalized spacial score (nSPS) is 14.7. The molecule has 1 N–H and O–H groups in total. The van der Waals surface area contributed by atoms with Gasteiger partial charge < -0.3 is 10.1 Å². The number of hydrogen-bond donors (Lipinski definition) is 1. The number of rotatable bonds is 0. The van der Waals surface area contributed by atoms with E-state index in [1.807, 2.05) is 0 Å². The second-order valence-electron chi connectivity index (χ2n) is 2.06. The molecule has 0 saturated carbocycles. The summed E-state index contributed by atoms with van der Waals surface area (Å²) in [5.74, 6) is 0.651. The van der Waals surface area contributed by atoms with Crippen molar-refractivity contribution >= 4 is 11.8 Å². The van der Waals surface area contributed by atoms with Gasteiger partial charge in [-0.05, 0) is 12.1 Å². The SMILES string of the molecule is O=C1[CH]Nc2ncccc2O1. The molecule has 0 unspecified atom stereocenters.